The van der Waals surface area contributed by atoms with Crippen molar-refractivity contribution in [2.75, 3.05) is 33.2 Å². The first-order valence-corrected chi connectivity index (χ1v) is 8.50. The Hall–Kier alpha value is -0.770. The van der Waals surface area contributed by atoms with Crippen LogP contribution in [-0.2, 0) is 0 Å². The molecule has 4 saturated carbocycles. The van der Waals surface area contributed by atoms with Crippen molar-refractivity contribution in [1.82, 2.24) is 10.2 Å². The zero-order valence-electron chi connectivity index (χ0n) is 12.7. The Labute approximate surface area is 121 Å². The predicted octanol–water partition coefficient (Wildman–Crippen LogP) is 0.495. The first-order valence-electron chi connectivity index (χ1n) is 8.50. The summed E-state index contributed by atoms with van der Waals surface area (Å²) < 4.78 is 0. The van der Waals surface area contributed by atoms with E-state index in [0.717, 1.165) is 43.9 Å². The Morgan fingerprint density at radius 3 is 2.05 bits per heavy atom. The highest BCUT2D eigenvalue weighted by Gasteiger charge is 2.51. The van der Waals surface area contributed by atoms with Crippen LogP contribution in [0.3, 0.4) is 0 Å². The zero-order valence-corrected chi connectivity index (χ0v) is 12.7. The third-order valence-corrected chi connectivity index (χ3v) is 6.31. The molecule has 20 heavy (non-hydrogen) atoms. The third-order valence-electron chi connectivity index (χ3n) is 6.31. The van der Waals surface area contributed by atoms with Crippen molar-refractivity contribution in [1.29, 1.82) is 0 Å². The highest BCUT2D eigenvalue weighted by molar-refractivity contribution is 5.75. The van der Waals surface area contributed by atoms with E-state index in [4.69, 9.17) is 0 Å². The fourth-order valence-corrected chi connectivity index (χ4v) is 5.66. The fourth-order valence-electron chi connectivity index (χ4n) is 5.66. The molecule has 0 aromatic carbocycles. The lowest BCUT2D eigenvalue weighted by atomic mass is 9.53. The minimum absolute atomic E-state index is 0.169. The molecule has 4 aliphatic carbocycles. The summed E-state index contributed by atoms with van der Waals surface area (Å²) in [6, 6.07) is 0.222. The van der Waals surface area contributed by atoms with Crippen molar-refractivity contribution in [2.45, 2.75) is 44.1 Å². The average molecular weight is 278 g/mol. The third kappa shape index (κ3) is 2.22. The van der Waals surface area contributed by atoms with Crippen LogP contribution in [-0.4, -0.2) is 49.7 Å². The Bertz CT molecular complexity index is 365. The number of piperazine rings is 1. The first-order chi connectivity index (χ1) is 9.62. The summed E-state index contributed by atoms with van der Waals surface area (Å²) in [5.41, 5.74) is 0.169. The van der Waals surface area contributed by atoms with E-state index in [9.17, 15) is 4.79 Å². The first kappa shape index (κ1) is 12.9. The molecule has 2 N–H and O–H groups in total. The summed E-state index contributed by atoms with van der Waals surface area (Å²) in [5.74, 6) is 2.70. The van der Waals surface area contributed by atoms with Crippen LogP contribution in [0.5, 0.6) is 0 Å². The van der Waals surface area contributed by atoms with E-state index in [1.54, 1.807) is 4.90 Å². The van der Waals surface area contributed by atoms with Crippen LogP contribution in [0, 0.1) is 17.8 Å². The van der Waals surface area contributed by atoms with Crippen molar-refractivity contribution >= 4 is 6.03 Å². The van der Waals surface area contributed by atoms with E-state index >= 15 is 0 Å². The summed E-state index contributed by atoms with van der Waals surface area (Å²) in [4.78, 5) is 16.2. The quantitative estimate of drug-likeness (QED) is 0.720. The van der Waals surface area contributed by atoms with Gasteiger partial charge in [-0.1, -0.05) is 0 Å². The van der Waals surface area contributed by atoms with Crippen LogP contribution in [0.2, 0.25) is 0 Å². The maximum absolute atomic E-state index is 12.6. The second kappa shape index (κ2) is 4.62. The van der Waals surface area contributed by atoms with E-state index in [1.165, 1.54) is 38.5 Å². The average Bonchev–Trinajstić information content (AvgIpc) is 2.37. The van der Waals surface area contributed by atoms with E-state index in [2.05, 4.69) is 12.4 Å². The Morgan fingerprint density at radius 1 is 1.05 bits per heavy atom. The second-order valence-electron chi connectivity index (χ2n) is 8.07. The topological polar surface area (TPSA) is 36.8 Å². The lowest BCUT2D eigenvalue weighted by Gasteiger charge is -2.57. The van der Waals surface area contributed by atoms with Gasteiger partial charge in [-0.25, -0.2) is 4.79 Å². The highest BCUT2D eigenvalue weighted by atomic mass is 16.2. The second-order valence-corrected chi connectivity index (χ2v) is 8.07. The molecule has 0 aromatic heterocycles. The number of hydrogen-bond donors (Lipinski definition) is 2. The van der Waals surface area contributed by atoms with Gasteiger partial charge < -0.3 is 15.1 Å². The standard InChI is InChI=1S/C16H27N3O/c1-18-2-4-19(5-3-18)15(20)17-16-9-12-6-13(10-16)8-14(7-12)11-16/h12-14H,2-11H2,1H3,(H,17,20)/p+1. The van der Waals surface area contributed by atoms with Crippen LogP contribution >= 0.6 is 0 Å². The number of hydrogen-bond acceptors (Lipinski definition) is 1. The van der Waals surface area contributed by atoms with Gasteiger partial charge in [0.05, 0.1) is 33.2 Å². The molecule has 5 aliphatic rings. The molecule has 0 atom stereocenters. The molecule has 0 spiro atoms. The molecule has 0 radical (unpaired) electrons. The van der Waals surface area contributed by atoms with Gasteiger partial charge >= 0.3 is 6.03 Å². The van der Waals surface area contributed by atoms with Gasteiger partial charge in [-0.2, -0.15) is 0 Å². The smallest absolute Gasteiger partial charge is 0.318 e. The number of carbonyl (C=O) groups excluding carboxylic acids is 1. The van der Waals surface area contributed by atoms with E-state index < -0.39 is 0 Å². The molecular formula is C16H28N3O+. The van der Waals surface area contributed by atoms with Gasteiger partial charge in [0.15, 0.2) is 0 Å². The van der Waals surface area contributed by atoms with Gasteiger partial charge in [-0.3, -0.25) is 0 Å². The van der Waals surface area contributed by atoms with Gasteiger partial charge in [0.2, 0.25) is 0 Å². The lowest BCUT2D eigenvalue weighted by molar-refractivity contribution is -0.883. The summed E-state index contributed by atoms with van der Waals surface area (Å²) in [6.07, 6.45) is 8.07. The Balaban J connectivity index is 1.42. The fraction of sp³-hybridized carbons (Fsp3) is 0.938. The molecule has 1 aliphatic heterocycles. The van der Waals surface area contributed by atoms with Gasteiger partial charge in [0.1, 0.15) is 0 Å². The number of urea groups is 1. The number of likely N-dealkylation sites (N-methyl/N-ethyl adjacent to an activating group) is 1. The van der Waals surface area contributed by atoms with Crippen molar-refractivity contribution in [3.05, 3.63) is 0 Å². The summed E-state index contributed by atoms with van der Waals surface area (Å²) in [6.45, 7) is 4.02. The van der Waals surface area contributed by atoms with Gasteiger partial charge in [0, 0.05) is 5.54 Å². The van der Waals surface area contributed by atoms with E-state index in [-0.39, 0.29) is 11.6 Å². The summed E-state index contributed by atoms with van der Waals surface area (Å²) in [5, 5.41) is 3.49. The SMILES string of the molecule is C[NH+]1CCN(C(=O)NC23CC4CC(CC(C4)C2)C3)CC1. The maximum Gasteiger partial charge on any atom is 0.318 e. The molecule has 4 bridgehead atoms. The zero-order chi connectivity index (χ0) is 13.7. The van der Waals surface area contributed by atoms with Crippen LogP contribution in [0.1, 0.15) is 38.5 Å². The molecule has 2 amide bonds. The van der Waals surface area contributed by atoms with Crippen LogP contribution in [0.4, 0.5) is 4.79 Å². The van der Waals surface area contributed by atoms with Crippen LogP contribution in [0.15, 0.2) is 0 Å². The maximum atomic E-state index is 12.6. The monoisotopic (exact) mass is 278 g/mol. The van der Waals surface area contributed by atoms with Crippen molar-refractivity contribution in [2.24, 2.45) is 17.8 Å². The molecular weight excluding hydrogens is 250 g/mol. The molecule has 5 rings (SSSR count). The minimum atomic E-state index is 0.169. The van der Waals surface area contributed by atoms with Crippen LogP contribution in [0.25, 0.3) is 0 Å². The normalized spacial score (nSPS) is 43.9. The number of quaternary nitrogens is 1. The Kier molecular flexibility index (Phi) is 2.99. The van der Waals surface area contributed by atoms with E-state index in [0.29, 0.717) is 0 Å². The largest absolute Gasteiger partial charge is 0.334 e. The van der Waals surface area contributed by atoms with Crippen molar-refractivity contribution in [3.63, 3.8) is 0 Å². The minimum Gasteiger partial charge on any atom is -0.334 e. The molecule has 112 valence electrons. The number of nitrogens with one attached hydrogen (secondary N) is 2. The molecule has 0 unspecified atom stereocenters. The van der Waals surface area contributed by atoms with E-state index in [1.807, 2.05) is 4.90 Å². The lowest BCUT2D eigenvalue weighted by Crippen LogP contribution is -3.12. The van der Waals surface area contributed by atoms with Crippen molar-refractivity contribution < 1.29 is 9.69 Å². The van der Waals surface area contributed by atoms with Gasteiger partial charge in [-0.15, -0.1) is 0 Å². The molecule has 0 aromatic rings. The highest BCUT2D eigenvalue weighted by Crippen LogP contribution is 2.55. The van der Waals surface area contributed by atoms with Crippen LogP contribution < -0.4 is 10.2 Å². The summed E-state index contributed by atoms with van der Waals surface area (Å²) >= 11 is 0. The van der Waals surface area contributed by atoms with Gasteiger partial charge in [-0.05, 0) is 56.3 Å². The number of nitrogens with zero attached hydrogens (tertiary/aromatic N) is 1. The molecule has 5 fully saturated rings. The molecule has 1 saturated heterocycles. The van der Waals surface area contributed by atoms with Gasteiger partial charge in [0.25, 0.3) is 0 Å². The van der Waals surface area contributed by atoms with Crippen molar-refractivity contribution in [3.8, 4) is 0 Å². The number of rotatable bonds is 1. The Morgan fingerprint density at radius 2 is 1.55 bits per heavy atom. The molecule has 4 nitrogen and oxygen atoms in total. The molecule has 1 heterocycles. The number of carbonyl (C=O) groups is 1. The summed E-state index contributed by atoms with van der Waals surface area (Å²) in [7, 11) is 2.22. The number of amides is 2. The molecule has 4 heteroatoms. The predicted molar refractivity (Wildman–Crippen MR) is 77.6 cm³/mol.